The SMILES string of the molecule is COC(=O)c1ccc(Oc2cccc(NC(=O)c3ccccc3Cl)c2)cc1C(=O)OC. The van der Waals surface area contributed by atoms with E-state index in [2.05, 4.69) is 5.32 Å². The van der Waals surface area contributed by atoms with Gasteiger partial charge in [-0.05, 0) is 42.5 Å². The number of ether oxygens (including phenoxy) is 3. The van der Waals surface area contributed by atoms with Gasteiger partial charge in [-0.2, -0.15) is 0 Å². The summed E-state index contributed by atoms with van der Waals surface area (Å²) < 4.78 is 15.2. The Morgan fingerprint density at radius 1 is 0.742 bits per heavy atom. The van der Waals surface area contributed by atoms with Gasteiger partial charge in [-0.15, -0.1) is 0 Å². The van der Waals surface area contributed by atoms with Crippen LogP contribution in [-0.2, 0) is 9.47 Å². The van der Waals surface area contributed by atoms with Crippen LogP contribution in [0.5, 0.6) is 11.5 Å². The number of esters is 2. The molecule has 0 spiro atoms. The van der Waals surface area contributed by atoms with E-state index in [1.807, 2.05) is 0 Å². The average Bonchev–Trinajstić information content (AvgIpc) is 2.78. The summed E-state index contributed by atoms with van der Waals surface area (Å²) in [6, 6.07) is 17.7. The topological polar surface area (TPSA) is 90.9 Å². The van der Waals surface area contributed by atoms with E-state index >= 15 is 0 Å². The second-order valence-corrected chi connectivity index (χ2v) is 6.66. The van der Waals surface area contributed by atoms with Crippen molar-refractivity contribution in [1.82, 2.24) is 0 Å². The molecule has 3 rings (SSSR count). The molecule has 0 saturated carbocycles. The highest BCUT2D eigenvalue weighted by atomic mass is 35.5. The van der Waals surface area contributed by atoms with Gasteiger partial charge < -0.3 is 19.5 Å². The summed E-state index contributed by atoms with van der Waals surface area (Å²) in [5.41, 5.74) is 0.899. The summed E-state index contributed by atoms with van der Waals surface area (Å²) in [4.78, 5) is 36.4. The molecule has 0 heterocycles. The number of halogens is 1. The van der Waals surface area contributed by atoms with Gasteiger partial charge in [0, 0.05) is 11.8 Å². The molecule has 0 aromatic heterocycles. The van der Waals surface area contributed by atoms with Crippen LogP contribution in [0.15, 0.2) is 66.7 Å². The molecule has 0 aliphatic rings. The summed E-state index contributed by atoms with van der Waals surface area (Å²) in [6.07, 6.45) is 0. The van der Waals surface area contributed by atoms with Crippen molar-refractivity contribution in [1.29, 1.82) is 0 Å². The Bertz CT molecular complexity index is 1140. The first-order valence-corrected chi connectivity index (χ1v) is 9.45. The van der Waals surface area contributed by atoms with Gasteiger partial charge in [0.25, 0.3) is 5.91 Å². The number of amides is 1. The van der Waals surface area contributed by atoms with Crippen molar-refractivity contribution < 1.29 is 28.6 Å². The number of carbonyl (C=O) groups excluding carboxylic acids is 3. The minimum atomic E-state index is -0.702. The zero-order valence-electron chi connectivity index (χ0n) is 16.7. The quantitative estimate of drug-likeness (QED) is 0.546. The molecular formula is C23H18ClNO6. The summed E-state index contributed by atoms with van der Waals surface area (Å²) in [5, 5.41) is 3.10. The van der Waals surface area contributed by atoms with Crippen LogP contribution in [0.1, 0.15) is 31.1 Å². The van der Waals surface area contributed by atoms with E-state index in [0.29, 0.717) is 27.8 Å². The molecule has 0 atom stereocenters. The Labute approximate surface area is 183 Å². The van der Waals surface area contributed by atoms with Crippen LogP contribution in [-0.4, -0.2) is 32.1 Å². The van der Waals surface area contributed by atoms with Crippen LogP contribution in [0.2, 0.25) is 5.02 Å². The molecule has 8 heteroatoms. The molecule has 0 fully saturated rings. The first-order valence-electron chi connectivity index (χ1n) is 9.07. The molecule has 0 unspecified atom stereocenters. The van der Waals surface area contributed by atoms with Gasteiger partial charge in [0.2, 0.25) is 0 Å². The summed E-state index contributed by atoms with van der Waals surface area (Å²) in [6.45, 7) is 0. The first-order chi connectivity index (χ1) is 14.9. The molecule has 0 saturated heterocycles. The Morgan fingerprint density at radius 3 is 2.13 bits per heavy atom. The molecule has 0 radical (unpaired) electrons. The highest BCUT2D eigenvalue weighted by molar-refractivity contribution is 6.34. The van der Waals surface area contributed by atoms with E-state index in [1.54, 1.807) is 48.5 Å². The highest BCUT2D eigenvalue weighted by Crippen LogP contribution is 2.27. The fourth-order valence-corrected chi connectivity index (χ4v) is 2.99. The molecule has 3 aromatic carbocycles. The maximum absolute atomic E-state index is 12.5. The normalized spacial score (nSPS) is 10.2. The molecule has 1 N–H and O–H groups in total. The van der Waals surface area contributed by atoms with Crippen molar-refractivity contribution in [2.75, 3.05) is 19.5 Å². The van der Waals surface area contributed by atoms with Gasteiger partial charge in [0.1, 0.15) is 11.5 Å². The van der Waals surface area contributed by atoms with Crippen LogP contribution >= 0.6 is 11.6 Å². The summed E-state index contributed by atoms with van der Waals surface area (Å²) in [7, 11) is 2.43. The monoisotopic (exact) mass is 439 g/mol. The molecular weight excluding hydrogens is 422 g/mol. The van der Waals surface area contributed by atoms with Crippen molar-refractivity contribution in [2.45, 2.75) is 0 Å². The second-order valence-electron chi connectivity index (χ2n) is 6.25. The lowest BCUT2D eigenvalue weighted by Crippen LogP contribution is -2.12. The first kappa shape index (κ1) is 21.9. The van der Waals surface area contributed by atoms with Crippen LogP contribution in [0.3, 0.4) is 0 Å². The van der Waals surface area contributed by atoms with Crippen molar-refractivity contribution in [3.05, 3.63) is 88.4 Å². The Hall–Kier alpha value is -3.84. The third-order valence-corrected chi connectivity index (χ3v) is 4.58. The van der Waals surface area contributed by atoms with Gasteiger partial charge in [-0.3, -0.25) is 4.79 Å². The smallest absolute Gasteiger partial charge is 0.338 e. The predicted molar refractivity (Wildman–Crippen MR) is 115 cm³/mol. The number of nitrogens with one attached hydrogen (secondary N) is 1. The van der Waals surface area contributed by atoms with E-state index in [1.165, 1.54) is 32.4 Å². The van der Waals surface area contributed by atoms with Crippen LogP contribution in [0.4, 0.5) is 5.69 Å². The molecule has 158 valence electrons. The molecule has 3 aromatic rings. The number of benzene rings is 3. The predicted octanol–water partition coefficient (Wildman–Crippen LogP) is 4.96. The Balaban J connectivity index is 1.82. The van der Waals surface area contributed by atoms with E-state index in [4.69, 9.17) is 25.8 Å². The van der Waals surface area contributed by atoms with Gasteiger partial charge in [-0.25, -0.2) is 9.59 Å². The maximum Gasteiger partial charge on any atom is 0.338 e. The second kappa shape index (κ2) is 9.77. The fraction of sp³-hybridized carbons (Fsp3) is 0.0870. The summed E-state index contributed by atoms with van der Waals surface area (Å²) >= 11 is 6.07. The zero-order chi connectivity index (χ0) is 22.4. The lowest BCUT2D eigenvalue weighted by Gasteiger charge is -2.12. The molecule has 0 bridgehead atoms. The highest BCUT2D eigenvalue weighted by Gasteiger charge is 2.19. The van der Waals surface area contributed by atoms with Gasteiger partial charge in [-0.1, -0.05) is 29.8 Å². The van der Waals surface area contributed by atoms with Crippen molar-refractivity contribution in [3.63, 3.8) is 0 Å². The van der Waals surface area contributed by atoms with E-state index in [9.17, 15) is 14.4 Å². The fourth-order valence-electron chi connectivity index (χ4n) is 2.77. The third-order valence-electron chi connectivity index (χ3n) is 4.25. The minimum absolute atomic E-state index is 0.00928. The molecule has 7 nitrogen and oxygen atoms in total. The lowest BCUT2D eigenvalue weighted by atomic mass is 10.1. The van der Waals surface area contributed by atoms with Crippen molar-refractivity contribution in [3.8, 4) is 11.5 Å². The number of carbonyl (C=O) groups is 3. The number of rotatable bonds is 6. The molecule has 31 heavy (non-hydrogen) atoms. The Morgan fingerprint density at radius 2 is 1.42 bits per heavy atom. The number of anilines is 1. The zero-order valence-corrected chi connectivity index (χ0v) is 17.4. The Kier molecular flexibility index (Phi) is 6.89. The van der Waals surface area contributed by atoms with Gasteiger partial charge >= 0.3 is 11.9 Å². The van der Waals surface area contributed by atoms with Crippen molar-refractivity contribution >= 4 is 35.1 Å². The largest absolute Gasteiger partial charge is 0.465 e. The van der Waals surface area contributed by atoms with Gasteiger partial charge in [0.05, 0.1) is 35.9 Å². The standard InChI is InChI=1S/C23H18ClNO6/c1-29-22(27)17-11-10-16(13-19(17)23(28)30-2)31-15-7-5-6-14(12-15)25-21(26)18-8-3-4-9-20(18)24/h3-13H,1-2H3,(H,25,26). The molecule has 0 aliphatic heterocycles. The molecule has 0 aliphatic carbocycles. The minimum Gasteiger partial charge on any atom is -0.465 e. The number of methoxy groups -OCH3 is 2. The number of hydrogen-bond acceptors (Lipinski definition) is 6. The summed E-state index contributed by atoms with van der Waals surface area (Å²) in [5.74, 6) is -1.04. The molecule has 1 amide bonds. The van der Waals surface area contributed by atoms with E-state index < -0.39 is 11.9 Å². The van der Waals surface area contributed by atoms with E-state index in [-0.39, 0.29) is 17.0 Å². The average molecular weight is 440 g/mol. The lowest BCUT2D eigenvalue weighted by molar-refractivity contribution is 0.0555. The van der Waals surface area contributed by atoms with Crippen LogP contribution in [0.25, 0.3) is 0 Å². The van der Waals surface area contributed by atoms with Gasteiger partial charge in [0.15, 0.2) is 0 Å². The van der Waals surface area contributed by atoms with Crippen LogP contribution in [0, 0.1) is 0 Å². The van der Waals surface area contributed by atoms with Crippen LogP contribution < -0.4 is 10.1 Å². The third kappa shape index (κ3) is 5.21. The number of hydrogen-bond donors (Lipinski definition) is 1. The maximum atomic E-state index is 12.5. The van der Waals surface area contributed by atoms with E-state index in [0.717, 1.165) is 0 Å². The van der Waals surface area contributed by atoms with Crippen molar-refractivity contribution in [2.24, 2.45) is 0 Å².